The number of para-hydroxylation sites is 2. The van der Waals surface area contributed by atoms with Gasteiger partial charge in [0, 0.05) is 19.6 Å². The van der Waals surface area contributed by atoms with Crippen molar-refractivity contribution in [1.29, 1.82) is 0 Å². The Morgan fingerprint density at radius 2 is 2.12 bits per heavy atom. The van der Waals surface area contributed by atoms with Crippen molar-refractivity contribution in [3.63, 3.8) is 0 Å². The summed E-state index contributed by atoms with van der Waals surface area (Å²) in [5.41, 5.74) is 0. The minimum Gasteiger partial charge on any atom is -0.493 e. The smallest absolute Gasteiger partial charge is 0.257 e. The summed E-state index contributed by atoms with van der Waals surface area (Å²) in [4.78, 5) is 12.0. The molecule has 0 unspecified atom stereocenters. The summed E-state index contributed by atoms with van der Waals surface area (Å²) in [6.07, 6.45) is 3.07. The average molecular weight is 382 g/mol. The second kappa shape index (κ2) is 9.59. The lowest BCUT2D eigenvalue weighted by atomic mass is 10.00. The Balaban J connectivity index is 1.79. The number of piperidine rings is 1. The first kappa shape index (κ1) is 20.3. The molecule has 1 aromatic rings. The molecule has 2 rings (SSSR count). The number of carbonyl (C=O) groups is 1. The molecule has 0 spiro atoms. The van der Waals surface area contributed by atoms with Crippen LogP contribution >= 0.6 is 0 Å². The molecular weight excluding hydrogens is 356 g/mol. The molecule has 26 heavy (non-hydrogen) atoms. The van der Waals surface area contributed by atoms with Gasteiger partial charge in [0.2, 0.25) is 10.0 Å². The monoisotopic (exact) mass is 382 g/mol. The van der Waals surface area contributed by atoms with Crippen molar-refractivity contribution in [2.45, 2.75) is 12.8 Å². The molecule has 1 fully saturated rings. The number of carbonyl (C=O) groups excluding carboxylic acids is 1. The Bertz CT molecular complexity index is 720. The van der Waals surface area contributed by atoms with Crippen molar-refractivity contribution in [2.24, 2.45) is 5.92 Å². The zero-order chi connectivity index (χ0) is 19.0. The number of nitrogens with one attached hydrogen (secondary N) is 1. The molecule has 1 aliphatic rings. The first-order valence-electron chi connectivity index (χ1n) is 8.57. The van der Waals surface area contributed by atoms with Crippen LogP contribution in [-0.2, 0) is 14.8 Å². The van der Waals surface area contributed by atoms with E-state index in [1.165, 1.54) is 17.5 Å². The van der Waals surface area contributed by atoms with E-state index in [4.69, 9.17) is 9.47 Å². The predicted molar refractivity (Wildman–Crippen MR) is 99.8 cm³/mol. The first-order chi connectivity index (χ1) is 12.5. The fourth-order valence-corrected chi connectivity index (χ4v) is 4.24. The van der Waals surface area contributed by atoms with Crippen LogP contribution in [0.2, 0.25) is 0 Å². The summed E-state index contributed by atoms with van der Waals surface area (Å²) in [5, 5.41) is 2.82. The number of hydrogen-bond acceptors (Lipinski definition) is 5. The zero-order valence-electron chi connectivity index (χ0n) is 15.0. The molecule has 1 N–H and O–H groups in total. The summed E-state index contributed by atoms with van der Waals surface area (Å²) in [6, 6.07) is 7.11. The van der Waals surface area contributed by atoms with Crippen molar-refractivity contribution in [1.82, 2.24) is 9.62 Å². The zero-order valence-corrected chi connectivity index (χ0v) is 15.8. The van der Waals surface area contributed by atoms with Crippen molar-refractivity contribution in [3.8, 4) is 11.5 Å². The number of ether oxygens (including phenoxy) is 2. The molecule has 1 aliphatic heterocycles. The molecule has 0 aliphatic carbocycles. The van der Waals surface area contributed by atoms with Crippen LogP contribution in [0.25, 0.3) is 0 Å². The van der Waals surface area contributed by atoms with Crippen LogP contribution in [0.3, 0.4) is 0 Å². The van der Waals surface area contributed by atoms with E-state index in [0.717, 1.165) is 12.8 Å². The molecule has 1 aromatic carbocycles. The van der Waals surface area contributed by atoms with Crippen molar-refractivity contribution < 1.29 is 22.7 Å². The van der Waals surface area contributed by atoms with Gasteiger partial charge in [0.05, 0.1) is 12.9 Å². The Hall–Kier alpha value is -2.06. The van der Waals surface area contributed by atoms with Crippen LogP contribution in [0.1, 0.15) is 12.8 Å². The largest absolute Gasteiger partial charge is 0.493 e. The highest BCUT2D eigenvalue weighted by Gasteiger charge is 2.28. The molecule has 8 heteroatoms. The molecule has 1 amide bonds. The Kier molecular flexibility index (Phi) is 7.47. The van der Waals surface area contributed by atoms with E-state index in [-0.39, 0.29) is 24.2 Å². The van der Waals surface area contributed by atoms with Crippen molar-refractivity contribution >= 4 is 15.9 Å². The first-order valence-corrected chi connectivity index (χ1v) is 10.2. The molecule has 0 saturated carbocycles. The van der Waals surface area contributed by atoms with Crippen molar-refractivity contribution in [3.05, 3.63) is 36.9 Å². The van der Waals surface area contributed by atoms with E-state index < -0.39 is 10.0 Å². The molecule has 1 atom stereocenters. The topological polar surface area (TPSA) is 84.9 Å². The van der Waals surface area contributed by atoms with E-state index in [1.54, 1.807) is 18.2 Å². The maximum atomic E-state index is 12.1. The van der Waals surface area contributed by atoms with Gasteiger partial charge >= 0.3 is 0 Å². The third kappa shape index (κ3) is 5.74. The summed E-state index contributed by atoms with van der Waals surface area (Å²) >= 11 is 0. The molecule has 1 saturated heterocycles. The lowest BCUT2D eigenvalue weighted by molar-refractivity contribution is -0.123. The van der Waals surface area contributed by atoms with E-state index in [9.17, 15) is 13.2 Å². The van der Waals surface area contributed by atoms with Crippen LogP contribution < -0.4 is 14.8 Å². The number of benzene rings is 1. The lowest BCUT2D eigenvalue weighted by Crippen LogP contribution is -2.44. The van der Waals surface area contributed by atoms with Crippen LogP contribution in [0.15, 0.2) is 36.9 Å². The van der Waals surface area contributed by atoms with Crippen LogP contribution in [0, 0.1) is 5.92 Å². The van der Waals surface area contributed by atoms with Gasteiger partial charge in [-0.15, -0.1) is 6.58 Å². The highest BCUT2D eigenvalue weighted by Crippen LogP contribution is 2.25. The van der Waals surface area contributed by atoms with E-state index >= 15 is 0 Å². The number of rotatable bonds is 9. The Labute approximate surface area is 155 Å². The quantitative estimate of drug-likeness (QED) is 0.653. The van der Waals surface area contributed by atoms with Gasteiger partial charge in [-0.1, -0.05) is 18.2 Å². The average Bonchev–Trinajstić information content (AvgIpc) is 2.65. The van der Waals surface area contributed by atoms with Crippen molar-refractivity contribution in [2.75, 3.05) is 39.1 Å². The highest BCUT2D eigenvalue weighted by atomic mass is 32.2. The fraction of sp³-hybridized carbons (Fsp3) is 0.500. The lowest BCUT2D eigenvalue weighted by Gasteiger charge is -2.31. The maximum Gasteiger partial charge on any atom is 0.257 e. The molecule has 0 radical (unpaired) electrons. The molecule has 0 bridgehead atoms. The standard InChI is InChI=1S/C18H26N2O5S/c1-3-11-26(22,23)20-10-6-7-15(13-20)12-19-18(21)14-25-17-9-5-4-8-16(17)24-2/h3-5,8-9,15H,1,6-7,10-14H2,2H3,(H,19,21)/t15-/m0/s1. The third-order valence-electron chi connectivity index (χ3n) is 4.22. The number of hydrogen-bond donors (Lipinski definition) is 1. The number of nitrogens with zero attached hydrogens (tertiary/aromatic N) is 1. The van der Waals surface area contributed by atoms with Gasteiger partial charge in [-0.3, -0.25) is 4.79 Å². The SMILES string of the molecule is C=CCS(=O)(=O)N1CCC[C@@H](CNC(=O)COc2ccccc2OC)C1. The second-order valence-corrected chi connectivity index (χ2v) is 8.19. The van der Waals surface area contributed by atoms with E-state index in [1.807, 2.05) is 6.07 Å². The van der Waals surface area contributed by atoms with Crippen LogP contribution in [0.4, 0.5) is 0 Å². The van der Waals surface area contributed by atoms with Gasteiger partial charge in [0.15, 0.2) is 18.1 Å². The van der Waals surface area contributed by atoms with Gasteiger partial charge in [-0.25, -0.2) is 12.7 Å². The van der Waals surface area contributed by atoms with Gasteiger partial charge < -0.3 is 14.8 Å². The normalized spacial score (nSPS) is 18.1. The third-order valence-corrected chi connectivity index (χ3v) is 5.99. The van der Waals surface area contributed by atoms with Gasteiger partial charge in [0.1, 0.15) is 0 Å². The minimum atomic E-state index is -3.29. The maximum absolute atomic E-state index is 12.1. The molecule has 7 nitrogen and oxygen atoms in total. The highest BCUT2D eigenvalue weighted by molar-refractivity contribution is 7.89. The van der Waals surface area contributed by atoms with Gasteiger partial charge in [0.25, 0.3) is 5.91 Å². The molecule has 1 heterocycles. The number of sulfonamides is 1. The number of methoxy groups -OCH3 is 1. The summed E-state index contributed by atoms with van der Waals surface area (Å²) < 4.78 is 36.4. The minimum absolute atomic E-state index is 0.0567. The van der Waals surface area contributed by atoms with Crippen LogP contribution in [-0.4, -0.2) is 57.7 Å². The summed E-state index contributed by atoms with van der Waals surface area (Å²) in [5.74, 6) is 0.861. The molecule has 144 valence electrons. The Morgan fingerprint density at radius 3 is 2.81 bits per heavy atom. The Morgan fingerprint density at radius 1 is 1.38 bits per heavy atom. The predicted octanol–water partition coefficient (Wildman–Crippen LogP) is 1.42. The summed E-state index contributed by atoms with van der Waals surface area (Å²) in [6.45, 7) is 4.74. The van der Waals surface area contributed by atoms with E-state index in [0.29, 0.717) is 31.1 Å². The fourth-order valence-electron chi connectivity index (χ4n) is 2.89. The van der Waals surface area contributed by atoms with Crippen LogP contribution in [0.5, 0.6) is 11.5 Å². The number of amides is 1. The molecular formula is C18H26N2O5S. The summed E-state index contributed by atoms with van der Waals surface area (Å²) in [7, 11) is -1.76. The molecule has 0 aromatic heterocycles. The van der Waals surface area contributed by atoms with Gasteiger partial charge in [-0.2, -0.15) is 0 Å². The van der Waals surface area contributed by atoms with E-state index in [2.05, 4.69) is 11.9 Å². The van der Waals surface area contributed by atoms with Gasteiger partial charge in [-0.05, 0) is 30.9 Å². The second-order valence-electron chi connectivity index (χ2n) is 6.18.